The van der Waals surface area contributed by atoms with E-state index in [1.807, 2.05) is 12.1 Å². The first-order valence-corrected chi connectivity index (χ1v) is 11.0. The predicted octanol–water partition coefficient (Wildman–Crippen LogP) is 4.53. The Morgan fingerprint density at radius 2 is 1.80 bits per heavy atom. The highest BCUT2D eigenvalue weighted by atomic mass is 32.2. The second-order valence-corrected chi connectivity index (χ2v) is 9.35. The number of nitrogens with zero attached hydrogens (tertiary/aromatic N) is 2. The highest BCUT2D eigenvalue weighted by Gasteiger charge is 2.30. The molecule has 0 amide bonds. The van der Waals surface area contributed by atoms with E-state index in [0.29, 0.717) is 10.6 Å². The van der Waals surface area contributed by atoms with Gasteiger partial charge >= 0.3 is 6.18 Å². The van der Waals surface area contributed by atoms with Crippen molar-refractivity contribution in [3.05, 3.63) is 60.2 Å². The first-order chi connectivity index (χ1) is 14.1. The van der Waals surface area contributed by atoms with Gasteiger partial charge in [-0.25, -0.2) is 8.42 Å². The summed E-state index contributed by atoms with van der Waals surface area (Å²) >= 11 is 1.19. The number of hydrogen-bond acceptors (Lipinski definition) is 5. The van der Waals surface area contributed by atoms with Gasteiger partial charge in [0.1, 0.15) is 5.00 Å². The zero-order valence-corrected chi connectivity index (χ0v) is 17.1. The van der Waals surface area contributed by atoms with Crippen LogP contribution in [-0.2, 0) is 10.0 Å². The maximum absolute atomic E-state index is 13.3. The van der Waals surface area contributed by atoms with Crippen molar-refractivity contribution in [2.75, 3.05) is 10.8 Å². The highest BCUT2D eigenvalue weighted by Crippen LogP contribution is 2.36. The Hall–Kier alpha value is -2.79. The van der Waals surface area contributed by atoms with Crippen molar-refractivity contribution in [2.24, 2.45) is 10.9 Å². The van der Waals surface area contributed by atoms with Gasteiger partial charge in [-0.15, -0.1) is 11.3 Å². The van der Waals surface area contributed by atoms with E-state index in [0.717, 1.165) is 14.4 Å². The Bertz CT molecular complexity index is 1120. The molecule has 0 aliphatic rings. The van der Waals surface area contributed by atoms with Gasteiger partial charge < -0.3 is 10.9 Å². The SMILES string of the molecule is NC(=NO)c1ccc(S(=O)(=O)N(CCCC(F)(F)F)c2cc3ccccc3s2)cc1. The van der Waals surface area contributed by atoms with E-state index in [-0.39, 0.29) is 23.7 Å². The molecule has 1 aromatic heterocycles. The number of oxime groups is 1. The number of rotatable bonds is 7. The lowest BCUT2D eigenvalue weighted by Gasteiger charge is -2.23. The molecular weight excluding hydrogens is 439 g/mol. The molecule has 0 aliphatic heterocycles. The standard InChI is InChI=1S/C19H18F3N3O3S2/c20-19(21,22)10-3-11-25(17-12-14-4-1-2-5-16(14)29-17)30(27,28)15-8-6-13(7-9-15)18(23)24-26/h1-2,4-9,12,26H,3,10-11H2,(H2,23,24). The Kier molecular flexibility index (Phi) is 6.22. The van der Waals surface area contributed by atoms with Gasteiger partial charge in [0, 0.05) is 23.2 Å². The van der Waals surface area contributed by atoms with Crippen LogP contribution in [0.25, 0.3) is 10.1 Å². The molecule has 0 aliphatic carbocycles. The molecule has 0 spiro atoms. The Labute approximate surface area is 175 Å². The molecule has 3 N–H and O–H groups in total. The second-order valence-electron chi connectivity index (χ2n) is 6.43. The summed E-state index contributed by atoms with van der Waals surface area (Å²) in [7, 11) is -4.14. The van der Waals surface area contributed by atoms with Gasteiger partial charge in [-0.05, 0) is 48.2 Å². The lowest BCUT2D eigenvalue weighted by atomic mass is 10.2. The molecule has 0 atom stereocenters. The summed E-state index contributed by atoms with van der Waals surface area (Å²) in [5, 5.41) is 12.7. The van der Waals surface area contributed by atoms with Crippen LogP contribution in [0, 0.1) is 0 Å². The number of alkyl halides is 3. The molecule has 0 bridgehead atoms. The summed E-state index contributed by atoms with van der Waals surface area (Å²) in [4.78, 5) is -0.110. The van der Waals surface area contributed by atoms with Gasteiger partial charge in [-0.3, -0.25) is 4.31 Å². The minimum Gasteiger partial charge on any atom is -0.409 e. The maximum atomic E-state index is 13.3. The summed E-state index contributed by atoms with van der Waals surface area (Å²) in [5.74, 6) is -0.189. The highest BCUT2D eigenvalue weighted by molar-refractivity contribution is 7.93. The third-order valence-electron chi connectivity index (χ3n) is 4.33. The van der Waals surface area contributed by atoms with Crippen molar-refractivity contribution in [3.63, 3.8) is 0 Å². The van der Waals surface area contributed by atoms with E-state index < -0.39 is 22.6 Å². The van der Waals surface area contributed by atoms with Gasteiger partial charge in [0.25, 0.3) is 10.0 Å². The third kappa shape index (κ3) is 4.85. The zero-order valence-electron chi connectivity index (χ0n) is 15.5. The van der Waals surface area contributed by atoms with Gasteiger partial charge in [0.15, 0.2) is 5.84 Å². The molecule has 0 saturated heterocycles. The van der Waals surface area contributed by atoms with Crippen LogP contribution < -0.4 is 10.0 Å². The molecule has 3 aromatic rings. The fourth-order valence-electron chi connectivity index (χ4n) is 2.85. The van der Waals surface area contributed by atoms with Gasteiger partial charge in [0.05, 0.1) is 4.90 Å². The van der Waals surface area contributed by atoms with Gasteiger partial charge in [-0.1, -0.05) is 23.4 Å². The maximum Gasteiger partial charge on any atom is 0.389 e. The Morgan fingerprint density at radius 1 is 1.13 bits per heavy atom. The number of benzene rings is 2. The summed E-state index contributed by atoms with van der Waals surface area (Å²) in [6.45, 7) is -0.323. The number of halogens is 3. The number of anilines is 1. The van der Waals surface area contributed by atoms with Crippen LogP contribution in [-0.4, -0.2) is 32.2 Å². The zero-order chi connectivity index (χ0) is 21.9. The molecule has 1 heterocycles. The van der Waals surface area contributed by atoms with E-state index in [1.165, 1.54) is 35.6 Å². The summed E-state index contributed by atoms with van der Waals surface area (Å²) < 4.78 is 66.3. The molecule has 3 rings (SSSR count). The van der Waals surface area contributed by atoms with Crippen molar-refractivity contribution in [3.8, 4) is 0 Å². The number of fused-ring (bicyclic) bond motifs is 1. The van der Waals surface area contributed by atoms with Crippen LogP contribution in [0.3, 0.4) is 0 Å². The molecule has 6 nitrogen and oxygen atoms in total. The van der Waals surface area contributed by atoms with Crippen LogP contribution in [0.5, 0.6) is 0 Å². The van der Waals surface area contributed by atoms with E-state index >= 15 is 0 Å². The molecule has 2 aromatic carbocycles. The number of thiophene rings is 1. The number of amidine groups is 1. The molecule has 11 heteroatoms. The van der Waals surface area contributed by atoms with Gasteiger partial charge in [-0.2, -0.15) is 13.2 Å². The average Bonchev–Trinajstić information content (AvgIpc) is 3.13. The average molecular weight is 457 g/mol. The predicted molar refractivity (Wildman–Crippen MR) is 111 cm³/mol. The van der Waals surface area contributed by atoms with Crippen LogP contribution in [0.1, 0.15) is 18.4 Å². The fourth-order valence-corrected chi connectivity index (χ4v) is 5.64. The first-order valence-electron chi connectivity index (χ1n) is 8.78. The summed E-state index contributed by atoms with van der Waals surface area (Å²) in [6.07, 6.45) is -5.84. The second kappa shape index (κ2) is 8.52. The van der Waals surface area contributed by atoms with E-state index in [4.69, 9.17) is 10.9 Å². The number of nitrogens with two attached hydrogens (primary N) is 1. The van der Waals surface area contributed by atoms with Crippen LogP contribution in [0.2, 0.25) is 0 Å². The van der Waals surface area contributed by atoms with Crippen molar-refractivity contribution in [1.29, 1.82) is 0 Å². The Morgan fingerprint density at radius 3 is 2.40 bits per heavy atom. The molecule has 0 unspecified atom stereocenters. The molecule has 0 saturated carbocycles. The largest absolute Gasteiger partial charge is 0.409 e. The number of sulfonamides is 1. The van der Waals surface area contributed by atoms with Crippen molar-refractivity contribution < 1.29 is 26.8 Å². The van der Waals surface area contributed by atoms with Crippen LogP contribution in [0.4, 0.5) is 18.2 Å². The number of hydrogen-bond donors (Lipinski definition) is 2. The first kappa shape index (κ1) is 21.9. The summed E-state index contributed by atoms with van der Waals surface area (Å²) in [5.41, 5.74) is 5.80. The minimum atomic E-state index is -4.38. The monoisotopic (exact) mass is 457 g/mol. The normalized spacial score (nSPS) is 13.0. The van der Waals surface area contributed by atoms with Crippen LogP contribution in [0.15, 0.2) is 64.6 Å². The third-order valence-corrected chi connectivity index (χ3v) is 7.41. The van der Waals surface area contributed by atoms with Crippen LogP contribution >= 0.6 is 11.3 Å². The Balaban J connectivity index is 1.99. The molecule has 0 fully saturated rings. The van der Waals surface area contributed by atoms with Crippen molar-refractivity contribution in [1.82, 2.24) is 0 Å². The van der Waals surface area contributed by atoms with E-state index in [2.05, 4.69) is 5.16 Å². The topological polar surface area (TPSA) is 96.0 Å². The van der Waals surface area contributed by atoms with Gasteiger partial charge in [0.2, 0.25) is 0 Å². The molecule has 160 valence electrons. The van der Waals surface area contributed by atoms with E-state index in [9.17, 15) is 21.6 Å². The molecular formula is C19H18F3N3O3S2. The van der Waals surface area contributed by atoms with E-state index in [1.54, 1.807) is 18.2 Å². The smallest absolute Gasteiger partial charge is 0.389 e. The lowest BCUT2D eigenvalue weighted by molar-refractivity contribution is -0.134. The summed E-state index contributed by atoms with van der Waals surface area (Å²) in [6, 6.07) is 14.1. The van der Waals surface area contributed by atoms with Crippen molar-refractivity contribution >= 4 is 42.3 Å². The quantitative estimate of drug-likeness (QED) is 0.236. The molecule has 0 radical (unpaired) electrons. The lowest BCUT2D eigenvalue weighted by Crippen LogP contribution is -2.32. The fraction of sp³-hybridized carbons (Fsp3) is 0.211. The molecule has 30 heavy (non-hydrogen) atoms. The minimum absolute atomic E-state index is 0.110. The van der Waals surface area contributed by atoms with Crippen molar-refractivity contribution in [2.45, 2.75) is 23.9 Å².